The minimum atomic E-state index is -1.24. The molecule has 0 aromatic carbocycles. The molecule has 1 aliphatic carbocycles. The Bertz CT molecular complexity index is 522. The van der Waals surface area contributed by atoms with Crippen molar-refractivity contribution < 1.29 is 17.8 Å². The van der Waals surface area contributed by atoms with Crippen molar-refractivity contribution in [3.05, 3.63) is 22.4 Å². The molecular weight excluding hydrogens is 310 g/mol. The highest BCUT2D eigenvalue weighted by Gasteiger charge is 2.47. The van der Waals surface area contributed by atoms with E-state index in [4.69, 9.17) is 17.6 Å². The Balaban J connectivity index is 0. The number of nitrogens with zero attached hydrogens (tertiary/aromatic N) is 1. The third-order valence-electron chi connectivity index (χ3n) is 3.98. The van der Waals surface area contributed by atoms with Crippen molar-refractivity contribution >= 4 is 11.3 Å². The number of terminal acetylenes is 2. The summed E-state index contributed by atoms with van der Waals surface area (Å²) in [4.78, 5) is 2.12. The number of aliphatic hydroxyl groups is 2. The minimum absolute atomic E-state index is 0. The Hall–Kier alpha value is -1.50. The summed E-state index contributed by atoms with van der Waals surface area (Å²) in [5.74, 6) is 0.0997. The van der Waals surface area contributed by atoms with Gasteiger partial charge < -0.3 is 14.9 Å². The highest BCUT2D eigenvalue weighted by molar-refractivity contribution is 7.10. The minimum Gasteiger partial charge on any atom is -0.379 e. The topological polar surface area (TPSA) is 52.9 Å². The second kappa shape index (κ2) is 9.60. The standard InChI is InChI=1S/C13H20O3S.C5H5N.2H2/c1-2-16-12(14)13(15,10-6-3-4-7-10)11-8-5-9-17-11;1-4-6(3)5-2;;/h5,8-10,12,14-15H,2-4,6-7H2,1H3;1-2H,3H3;2*1H. The molecule has 0 amide bonds. The van der Waals surface area contributed by atoms with Crippen LogP contribution < -0.4 is 0 Å². The van der Waals surface area contributed by atoms with Gasteiger partial charge in [0, 0.05) is 33.5 Å². The van der Waals surface area contributed by atoms with E-state index in [0.29, 0.717) is 6.61 Å². The fourth-order valence-corrected chi connectivity index (χ4v) is 3.64. The summed E-state index contributed by atoms with van der Waals surface area (Å²) in [7, 11) is 1.64. The monoisotopic (exact) mass is 339 g/mol. The molecule has 23 heavy (non-hydrogen) atoms. The van der Waals surface area contributed by atoms with Gasteiger partial charge in [0.05, 0.1) is 0 Å². The van der Waals surface area contributed by atoms with Crippen LogP contribution in [0.1, 0.15) is 40.3 Å². The average molecular weight is 340 g/mol. The summed E-state index contributed by atoms with van der Waals surface area (Å²) in [6.45, 7) is 2.23. The molecule has 1 fully saturated rings. The van der Waals surface area contributed by atoms with Crippen LogP contribution in [-0.4, -0.2) is 35.1 Å². The van der Waals surface area contributed by atoms with Crippen LogP contribution in [0, 0.1) is 30.9 Å². The van der Waals surface area contributed by atoms with Crippen LogP contribution in [0.4, 0.5) is 0 Å². The van der Waals surface area contributed by atoms with Crippen molar-refractivity contribution in [2.75, 3.05) is 13.7 Å². The van der Waals surface area contributed by atoms with E-state index >= 15 is 0 Å². The smallest absolute Gasteiger partial charge is 0.189 e. The zero-order valence-corrected chi connectivity index (χ0v) is 14.6. The molecule has 0 spiro atoms. The molecule has 2 unspecified atom stereocenters. The van der Waals surface area contributed by atoms with Crippen molar-refractivity contribution in [3.8, 4) is 24.9 Å². The van der Waals surface area contributed by atoms with E-state index in [1.165, 1.54) is 16.2 Å². The molecule has 4 nitrogen and oxygen atoms in total. The molecule has 0 saturated heterocycles. The Morgan fingerprint density at radius 2 is 2.09 bits per heavy atom. The van der Waals surface area contributed by atoms with Gasteiger partial charge >= 0.3 is 0 Å². The van der Waals surface area contributed by atoms with E-state index in [9.17, 15) is 10.2 Å². The lowest BCUT2D eigenvalue weighted by Crippen LogP contribution is -2.46. The summed E-state index contributed by atoms with van der Waals surface area (Å²) < 4.78 is 5.26. The van der Waals surface area contributed by atoms with E-state index in [-0.39, 0.29) is 8.77 Å². The Morgan fingerprint density at radius 1 is 1.48 bits per heavy atom. The molecule has 1 heterocycles. The predicted octanol–water partition coefficient (Wildman–Crippen LogP) is 3.07. The summed E-state index contributed by atoms with van der Waals surface area (Å²) in [6.07, 6.45) is 12.7. The first kappa shape index (κ1) is 19.5. The maximum Gasteiger partial charge on any atom is 0.189 e. The van der Waals surface area contributed by atoms with Gasteiger partial charge in [-0.05, 0) is 37.1 Å². The van der Waals surface area contributed by atoms with Crippen molar-refractivity contribution in [2.24, 2.45) is 5.92 Å². The zero-order valence-electron chi connectivity index (χ0n) is 13.7. The quantitative estimate of drug-likeness (QED) is 0.492. The van der Waals surface area contributed by atoms with Gasteiger partial charge in [-0.2, -0.15) is 0 Å². The van der Waals surface area contributed by atoms with Crippen molar-refractivity contribution in [2.45, 2.75) is 44.5 Å². The SMILES string of the molecule is C#CN(C)C#C.CCOC(O)C(O)(c1cccs1)C1CCCC1.[HH].[HH]. The van der Waals surface area contributed by atoms with E-state index in [0.717, 1.165) is 30.6 Å². The van der Waals surface area contributed by atoms with E-state index in [2.05, 4.69) is 12.1 Å². The van der Waals surface area contributed by atoms with Crippen LogP contribution in [0.3, 0.4) is 0 Å². The van der Waals surface area contributed by atoms with Gasteiger partial charge in [-0.15, -0.1) is 11.3 Å². The average Bonchev–Trinajstić information content (AvgIpc) is 3.27. The molecule has 0 radical (unpaired) electrons. The molecule has 2 atom stereocenters. The summed E-state index contributed by atoms with van der Waals surface area (Å²) >= 11 is 1.48. The molecule has 130 valence electrons. The van der Waals surface area contributed by atoms with Gasteiger partial charge in [-0.3, -0.25) is 4.90 Å². The molecule has 1 aromatic rings. The lowest BCUT2D eigenvalue weighted by molar-refractivity contribution is -0.235. The van der Waals surface area contributed by atoms with Gasteiger partial charge in [0.15, 0.2) is 11.9 Å². The van der Waals surface area contributed by atoms with Gasteiger partial charge in [-0.1, -0.05) is 31.8 Å². The number of hydrogen-bond acceptors (Lipinski definition) is 5. The van der Waals surface area contributed by atoms with Crippen LogP contribution in [0.15, 0.2) is 17.5 Å². The van der Waals surface area contributed by atoms with Gasteiger partial charge in [-0.25, -0.2) is 0 Å². The Kier molecular flexibility index (Phi) is 8.16. The van der Waals surface area contributed by atoms with Crippen LogP contribution in [-0.2, 0) is 10.3 Å². The van der Waals surface area contributed by atoms with Crippen molar-refractivity contribution in [1.82, 2.24) is 4.90 Å². The van der Waals surface area contributed by atoms with Crippen LogP contribution >= 0.6 is 11.3 Å². The zero-order chi connectivity index (χ0) is 17.3. The highest BCUT2D eigenvalue weighted by atomic mass is 32.1. The third kappa shape index (κ3) is 4.99. The summed E-state index contributed by atoms with van der Waals surface area (Å²) in [5.41, 5.74) is -1.24. The molecule has 0 bridgehead atoms. The third-order valence-corrected chi connectivity index (χ3v) is 4.99. The van der Waals surface area contributed by atoms with E-state index in [1.54, 1.807) is 7.05 Å². The molecule has 1 aliphatic rings. The lowest BCUT2D eigenvalue weighted by atomic mass is 9.84. The first-order valence-corrected chi connectivity index (χ1v) is 8.60. The highest BCUT2D eigenvalue weighted by Crippen LogP contribution is 2.44. The first-order chi connectivity index (χ1) is 11.0. The number of rotatable bonds is 5. The lowest BCUT2D eigenvalue weighted by Gasteiger charge is -2.36. The molecule has 0 aliphatic heterocycles. The van der Waals surface area contributed by atoms with Crippen molar-refractivity contribution in [1.29, 1.82) is 0 Å². The molecule has 1 saturated carbocycles. The second-order valence-corrected chi connectivity index (χ2v) is 6.36. The van der Waals surface area contributed by atoms with Crippen LogP contribution in [0.25, 0.3) is 0 Å². The molecule has 2 N–H and O–H groups in total. The number of thiophene rings is 1. The number of aliphatic hydroxyl groups excluding tert-OH is 1. The van der Waals surface area contributed by atoms with Gasteiger partial charge in [0.2, 0.25) is 0 Å². The first-order valence-electron chi connectivity index (χ1n) is 7.72. The van der Waals surface area contributed by atoms with Crippen molar-refractivity contribution in [3.63, 3.8) is 0 Å². The fourth-order valence-electron chi connectivity index (χ4n) is 2.72. The van der Waals surface area contributed by atoms with E-state index in [1.807, 2.05) is 24.4 Å². The van der Waals surface area contributed by atoms with Crippen LogP contribution in [0.5, 0.6) is 0 Å². The van der Waals surface area contributed by atoms with Crippen LogP contribution in [0.2, 0.25) is 0 Å². The molecule has 1 aromatic heterocycles. The predicted molar refractivity (Wildman–Crippen MR) is 97.5 cm³/mol. The van der Waals surface area contributed by atoms with Gasteiger partial charge in [0.1, 0.15) is 0 Å². The maximum absolute atomic E-state index is 10.9. The van der Waals surface area contributed by atoms with E-state index < -0.39 is 11.9 Å². The summed E-state index contributed by atoms with van der Waals surface area (Å²) in [6, 6.07) is 8.21. The number of ether oxygens (including phenoxy) is 1. The normalized spacial score (nSPS) is 18.0. The number of hydrogen-bond donors (Lipinski definition) is 2. The van der Waals surface area contributed by atoms with Gasteiger partial charge in [0.25, 0.3) is 0 Å². The molecule has 2 rings (SSSR count). The summed E-state index contributed by atoms with van der Waals surface area (Å²) in [5, 5.41) is 23.0. The fraction of sp³-hybridized carbons (Fsp3) is 0.556. The maximum atomic E-state index is 10.9. The Labute approximate surface area is 146 Å². The largest absolute Gasteiger partial charge is 0.379 e. The second-order valence-electron chi connectivity index (χ2n) is 5.41. The molecule has 5 heteroatoms. The Morgan fingerprint density at radius 3 is 2.48 bits per heavy atom. The molecular formula is C18H29NO3S.